The van der Waals surface area contributed by atoms with Crippen molar-refractivity contribution in [3.63, 3.8) is 0 Å². The molecule has 2 rings (SSSR count). The van der Waals surface area contributed by atoms with Crippen molar-refractivity contribution in [2.24, 2.45) is 4.99 Å². The second-order valence-electron chi connectivity index (χ2n) is 6.45. The van der Waals surface area contributed by atoms with Crippen LogP contribution in [0.4, 0.5) is 0 Å². The summed E-state index contributed by atoms with van der Waals surface area (Å²) in [5.41, 5.74) is 2.42. The molecule has 0 spiro atoms. The van der Waals surface area contributed by atoms with Crippen LogP contribution >= 0.6 is 11.8 Å². The molecule has 1 saturated heterocycles. The molecule has 0 aliphatic carbocycles. The molecule has 1 fully saturated rings. The van der Waals surface area contributed by atoms with Gasteiger partial charge >= 0.3 is 0 Å². The van der Waals surface area contributed by atoms with Gasteiger partial charge in [-0.3, -0.25) is 0 Å². The maximum absolute atomic E-state index is 5.15. The Kier molecular flexibility index (Phi) is 6.78. The molecule has 5 heteroatoms. The molecule has 0 amide bonds. The molecule has 23 heavy (non-hydrogen) atoms. The van der Waals surface area contributed by atoms with Crippen molar-refractivity contribution in [2.45, 2.75) is 38.7 Å². The van der Waals surface area contributed by atoms with Gasteiger partial charge in [0.15, 0.2) is 5.96 Å². The summed E-state index contributed by atoms with van der Waals surface area (Å²) in [5, 5.41) is 3.44. The second-order valence-corrected chi connectivity index (χ2v) is 8.25. The highest BCUT2D eigenvalue weighted by atomic mass is 32.2. The van der Waals surface area contributed by atoms with E-state index in [4.69, 9.17) is 9.73 Å². The Morgan fingerprint density at radius 1 is 1.30 bits per heavy atom. The predicted molar refractivity (Wildman–Crippen MR) is 100 cm³/mol. The van der Waals surface area contributed by atoms with E-state index in [9.17, 15) is 0 Å². The third kappa shape index (κ3) is 5.74. The number of ether oxygens (including phenoxy) is 1. The van der Waals surface area contributed by atoms with Crippen LogP contribution in [0.3, 0.4) is 0 Å². The minimum absolute atomic E-state index is 0.288. The van der Waals surface area contributed by atoms with Gasteiger partial charge in [-0.15, -0.1) is 0 Å². The number of nitrogens with zero attached hydrogens (tertiary/aromatic N) is 2. The maximum Gasteiger partial charge on any atom is 0.194 e. The van der Waals surface area contributed by atoms with Crippen molar-refractivity contribution in [1.29, 1.82) is 0 Å². The van der Waals surface area contributed by atoms with E-state index < -0.39 is 0 Å². The Balaban J connectivity index is 2.03. The summed E-state index contributed by atoms with van der Waals surface area (Å²) in [7, 11) is 1.72. The number of guanidine groups is 1. The van der Waals surface area contributed by atoms with Crippen molar-refractivity contribution in [1.82, 2.24) is 10.2 Å². The first kappa shape index (κ1) is 18.1. The Morgan fingerprint density at radius 2 is 2.00 bits per heavy atom. The van der Waals surface area contributed by atoms with Crippen LogP contribution in [0, 0.1) is 0 Å². The summed E-state index contributed by atoms with van der Waals surface area (Å²) in [6, 6.07) is 8.50. The third-order valence-corrected chi connectivity index (χ3v) is 5.10. The Labute approximate surface area is 144 Å². The number of methoxy groups -OCH3 is 1. The van der Waals surface area contributed by atoms with Crippen molar-refractivity contribution >= 4 is 17.7 Å². The van der Waals surface area contributed by atoms with E-state index in [0.29, 0.717) is 13.2 Å². The largest absolute Gasteiger partial charge is 0.380 e. The van der Waals surface area contributed by atoms with Crippen LogP contribution in [0.2, 0.25) is 0 Å². The fraction of sp³-hybridized carbons (Fsp3) is 0.611. The van der Waals surface area contributed by atoms with E-state index in [1.54, 1.807) is 7.11 Å². The molecule has 0 bridgehead atoms. The molecule has 1 heterocycles. The minimum Gasteiger partial charge on any atom is -0.380 e. The first-order chi connectivity index (χ1) is 11.0. The molecule has 128 valence electrons. The quantitative estimate of drug-likeness (QED) is 0.663. The summed E-state index contributed by atoms with van der Waals surface area (Å²) >= 11 is 2.04. The second kappa shape index (κ2) is 8.60. The summed E-state index contributed by atoms with van der Waals surface area (Å²) in [6.45, 7) is 11.1. The molecule has 0 atom stereocenters. The van der Waals surface area contributed by atoms with Gasteiger partial charge in [-0.25, -0.2) is 4.99 Å². The lowest BCUT2D eigenvalue weighted by atomic mass is 10.1. The molecule has 1 aromatic carbocycles. The SMILES string of the molecule is CCNC(=NCc1ccc(COC)cc1)N1CCSC(C)(C)C1. The first-order valence-corrected chi connectivity index (χ1v) is 9.26. The lowest BCUT2D eigenvalue weighted by Crippen LogP contribution is -2.50. The van der Waals surface area contributed by atoms with Gasteiger partial charge in [0, 0.05) is 37.2 Å². The highest BCUT2D eigenvalue weighted by molar-refractivity contribution is 8.00. The number of hydrogen-bond donors (Lipinski definition) is 1. The molecular weight excluding hydrogens is 306 g/mol. The number of rotatable bonds is 5. The normalized spacial score (nSPS) is 18.1. The lowest BCUT2D eigenvalue weighted by Gasteiger charge is -2.39. The molecule has 0 saturated carbocycles. The molecule has 0 radical (unpaired) electrons. The smallest absolute Gasteiger partial charge is 0.194 e. The van der Waals surface area contributed by atoms with Crippen molar-refractivity contribution in [3.05, 3.63) is 35.4 Å². The van der Waals surface area contributed by atoms with Gasteiger partial charge in [0.25, 0.3) is 0 Å². The topological polar surface area (TPSA) is 36.9 Å². The third-order valence-electron chi connectivity index (χ3n) is 3.81. The van der Waals surface area contributed by atoms with E-state index in [1.807, 2.05) is 11.8 Å². The minimum atomic E-state index is 0.288. The fourth-order valence-corrected chi connectivity index (χ4v) is 3.81. The van der Waals surface area contributed by atoms with Gasteiger partial charge in [0.1, 0.15) is 0 Å². The van der Waals surface area contributed by atoms with Gasteiger partial charge in [-0.2, -0.15) is 11.8 Å². The number of hydrogen-bond acceptors (Lipinski definition) is 3. The lowest BCUT2D eigenvalue weighted by molar-refractivity contribution is 0.185. The Bertz CT molecular complexity index is 514. The zero-order chi connectivity index (χ0) is 16.7. The molecule has 0 unspecified atom stereocenters. The van der Waals surface area contributed by atoms with Gasteiger partial charge in [-0.1, -0.05) is 24.3 Å². The predicted octanol–water partition coefficient (Wildman–Crippen LogP) is 3.13. The number of benzene rings is 1. The van der Waals surface area contributed by atoms with E-state index in [0.717, 1.165) is 31.3 Å². The van der Waals surface area contributed by atoms with E-state index in [1.165, 1.54) is 11.1 Å². The molecule has 1 aromatic rings. The number of aliphatic imine (C=N–C) groups is 1. The van der Waals surface area contributed by atoms with Gasteiger partial charge in [-0.05, 0) is 31.9 Å². The van der Waals surface area contributed by atoms with Crippen molar-refractivity contribution in [3.8, 4) is 0 Å². The number of nitrogens with one attached hydrogen (secondary N) is 1. The van der Waals surface area contributed by atoms with Crippen LogP contribution in [-0.4, -0.2) is 48.1 Å². The monoisotopic (exact) mass is 335 g/mol. The summed E-state index contributed by atoms with van der Waals surface area (Å²) in [4.78, 5) is 7.23. The van der Waals surface area contributed by atoms with Gasteiger partial charge < -0.3 is 15.0 Å². The van der Waals surface area contributed by atoms with Gasteiger partial charge in [0.2, 0.25) is 0 Å². The van der Waals surface area contributed by atoms with Crippen LogP contribution in [0.15, 0.2) is 29.3 Å². The van der Waals surface area contributed by atoms with Crippen LogP contribution in [0.1, 0.15) is 31.9 Å². The van der Waals surface area contributed by atoms with E-state index >= 15 is 0 Å². The zero-order valence-corrected chi connectivity index (χ0v) is 15.6. The molecule has 1 N–H and O–H groups in total. The van der Waals surface area contributed by atoms with Crippen LogP contribution in [0.25, 0.3) is 0 Å². The molecule has 1 aliphatic rings. The summed E-state index contributed by atoms with van der Waals surface area (Å²) < 4.78 is 5.44. The van der Waals surface area contributed by atoms with Crippen molar-refractivity contribution < 1.29 is 4.74 Å². The van der Waals surface area contributed by atoms with Crippen LogP contribution in [0.5, 0.6) is 0 Å². The molecule has 0 aromatic heterocycles. The molecule has 4 nitrogen and oxygen atoms in total. The van der Waals surface area contributed by atoms with E-state index in [2.05, 4.69) is 55.3 Å². The molecular formula is C18H29N3OS. The zero-order valence-electron chi connectivity index (χ0n) is 14.8. The maximum atomic E-state index is 5.15. The standard InChI is InChI=1S/C18H29N3OS/c1-5-19-17(21-10-11-23-18(2,3)14-21)20-12-15-6-8-16(9-7-15)13-22-4/h6-9H,5,10-14H2,1-4H3,(H,19,20). The van der Waals surface area contributed by atoms with Crippen LogP contribution < -0.4 is 5.32 Å². The summed E-state index contributed by atoms with van der Waals surface area (Å²) in [6.07, 6.45) is 0. The Morgan fingerprint density at radius 3 is 2.61 bits per heavy atom. The van der Waals surface area contributed by atoms with E-state index in [-0.39, 0.29) is 4.75 Å². The first-order valence-electron chi connectivity index (χ1n) is 8.28. The molecule has 1 aliphatic heterocycles. The average molecular weight is 336 g/mol. The highest BCUT2D eigenvalue weighted by Crippen LogP contribution is 2.29. The Hall–Kier alpha value is -1.20. The fourth-order valence-electron chi connectivity index (χ4n) is 2.70. The average Bonchev–Trinajstić information content (AvgIpc) is 2.52. The van der Waals surface area contributed by atoms with Crippen LogP contribution in [-0.2, 0) is 17.9 Å². The van der Waals surface area contributed by atoms with Gasteiger partial charge in [0.05, 0.1) is 13.2 Å². The number of thioether (sulfide) groups is 1. The summed E-state index contributed by atoms with van der Waals surface area (Å²) in [5.74, 6) is 2.19. The van der Waals surface area contributed by atoms with Crippen molar-refractivity contribution in [2.75, 3.05) is 32.5 Å². The highest BCUT2D eigenvalue weighted by Gasteiger charge is 2.28.